The number of hydrogen-bond acceptors (Lipinski definition) is 4. The summed E-state index contributed by atoms with van der Waals surface area (Å²) in [5, 5.41) is 10.9. The third kappa shape index (κ3) is 8.23. The lowest BCUT2D eigenvalue weighted by Crippen LogP contribution is -2.15. The van der Waals surface area contributed by atoms with Crippen molar-refractivity contribution in [2.75, 3.05) is 0 Å². The predicted molar refractivity (Wildman–Crippen MR) is 144 cm³/mol. The van der Waals surface area contributed by atoms with E-state index in [1.807, 2.05) is 12.1 Å². The second-order valence-corrected chi connectivity index (χ2v) is 11.6. The molecule has 2 rings (SSSR count). The third-order valence-corrected chi connectivity index (χ3v) is 5.86. The van der Waals surface area contributed by atoms with Crippen molar-refractivity contribution in [3.63, 3.8) is 0 Å². The van der Waals surface area contributed by atoms with Crippen LogP contribution in [0.25, 0.3) is 0 Å². The van der Waals surface area contributed by atoms with Crippen molar-refractivity contribution in [1.29, 1.82) is 0 Å². The zero-order valence-corrected chi connectivity index (χ0v) is 23.1. The van der Waals surface area contributed by atoms with Crippen LogP contribution in [0.4, 0.5) is 0 Å². The van der Waals surface area contributed by atoms with Crippen LogP contribution >= 0.6 is 0 Å². The van der Waals surface area contributed by atoms with Crippen LogP contribution in [0.2, 0.25) is 0 Å². The fraction of sp³-hybridized carbons (Fsp3) is 0.548. The zero-order chi connectivity index (χ0) is 26.4. The van der Waals surface area contributed by atoms with E-state index in [9.17, 15) is 14.7 Å². The molecule has 1 N–H and O–H groups in total. The molecule has 0 aliphatic rings. The number of carbonyl (C=O) groups excluding carboxylic acids is 2. The molecule has 2 aromatic carbocycles. The fourth-order valence-corrected chi connectivity index (χ4v) is 4.49. The van der Waals surface area contributed by atoms with Gasteiger partial charge in [-0.3, -0.25) is 4.79 Å². The Morgan fingerprint density at radius 1 is 0.657 bits per heavy atom. The minimum Gasteiger partial charge on any atom is -0.507 e. The molecule has 0 amide bonds. The summed E-state index contributed by atoms with van der Waals surface area (Å²) in [6.07, 6.45) is 2.79. The maximum Gasteiger partial charge on any atom is 0.343 e. The van der Waals surface area contributed by atoms with E-state index in [2.05, 4.69) is 55.4 Å². The number of phenols is 1. The van der Waals surface area contributed by atoms with Crippen molar-refractivity contribution in [2.45, 2.75) is 88.0 Å². The van der Waals surface area contributed by atoms with Gasteiger partial charge >= 0.3 is 5.97 Å². The molecule has 192 valence electrons. The first-order valence-electron chi connectivity index (χ1n) is 13.0. The van der Waals surface area contributed by atoms with Gasteiger partial charge in [0.1, 0.15) is 11.5 Å². The van der Waals surface area contributed by atoms with Gasteiger partial charge in [0.05, 0.1) is 5.56 Å². The molecule has 0 saturated carbocycles. The molecule has 4 heteroatoms. The number of Topliss-reactive ketones (excluding diaryl/α,β-unsaturated/α-hetero) is 1. The van der Waals surface area contributed by atoms with Gasteiger partial charge in [0, 0.05) is 5.56 Å². The van der Waals surface area contributed by atoms with E-state index in [1.54, 1.807) is 19.1 Å². The molecule has 0 heterocycles. The minimum atomic E-state index is -0.425. The molecular formula is C31H44O4. The van der Waals surface area contributed by atoms with E-state index >= 15 is 0 Å². The van der Waals surface area contributed by atoms with Gasteiger partial charge < -0.3 is 9.84 Å². The van der Waals surface area contributed by atoms with Gasteiger partial charge in [-0.15, -0.1) is 0 Å². The maximum absolute atomic E-state index is 13.5. The Balaban J connectivity index is 2.60. The van der Waals surface area contributed by atoms with Crippen LogP contribution in [0.3, 0.4) is 0 Å². The van der Waals surface area contributed by atoms with Crippen LogP contribution in [0.1, 0.15) is 105 Å². The van der Waals surface area contributed by atoms with E-state index in [0.717, 1.165) is 22.3 Å². The summed E-state index contributed by atoms with van der Waals surface area (Å²) < 4.78 is 6.13. The van der Waals surface area contributed by atoms with E-state index in [4.69, 9.17) is 4.74 Å². The molecule has 4 nitrogen and oxygen atoms in total. The Morgan fingerprint density at radius 3 is 1.34 bits per heavy atom. The fourth-order valence-electron chi connectivity index (χ4n) is 4.49. The van der Waals surface area contributed by atoms with Gasteiger partial charge in [-0.05, 0) is 103 Å². The SMILES string of the molecule is CC(=O)c1cc(CC(C)C)c(OC(=O)c2cc(CC(C)C)c(O)c(CC(C)C)c2)c(CC(C)C)c1. The van der Waals surface area contributed by atoms with Crippen LogP contribution in [-0.2, 0) is 25.7 Å². The standard InChI is InChI=1S/C31H44O4/c1-18(2)10-24-16-28(17-25(29(24)33)11-19(3)4)31(34)35-30-26(12-20(5)6)14-23(22(9)32)15-27(30)13-21(7)8/h14-21,33H,10-13H2,1-9H3. The highest BCUT2D eigenvalue weighted by atomic mass is 16.5. The van der Waals surface area contributed by atoms with Gasteiger partial charge in [0.25, 0.3) is 0 Å². The smallest absolute Gasteiger partial charge is 0.343 e. The Hall–Kier alpha value is -2.62. The number of hydrogen-bond donors (Lipinski definition) is 1. The number of ketones is 1. The number of phenolic OH excluding ortho intramolecular Hbond substituents is 1. The molecule has 0 aromatic heterocycles. The molecule has 0 radical (unpaired) electrons. The van der Waals surface area contributed by atoms with E-state index in [1.165, 1.54) is 0 Å². The molecule has 0 atom stereocenters. The lowest BCUT2D eigenvalue weighted by molar-refractivity contribution is 0.0730. The molecule has 0 aliphatic carbocycles. The predicted octanol–water partition coefficient (Wildman–Crippen LogP) is 7.61. The van der Waals surface area contributed by atoms with Gasteiger partial charge in [0.15, 0.2) is 5.78 Å². The van der Waals surface area contributed by atoms with Crippen LogP contribution in [0.5, 0.6) is 11.5 Å². The summed E-state index contributed by atoms with van der Waals surface area (Å²) >= 11 is 0. The lowest BCUT2D eigenvalue weighted by atomic mass is 9.92. The summed E-state index contributed by atoms with van der Waals surface area (Å²) in [5.74, 6) is 1.80. The Labute approximate surface area is 212 Å². The number of rotatable bonds is 11. The normalized spacial score (nSPS) is 11.7. The van der Waals surface area contributed by atoms with E-state index in [-0.39, 0.29) is 11.5 Å². The van der Waals surface area contributed by atoms with Crippen LogP contribution in [0.15, 0.2) is 24.3 Å². The number of aromatic hydroxyl groups is 1. The first-order valence-corrected chi connectivity index (χ1v) is 13.0. The molecule has 0 unspecified atom stereocenters. The van der Waals surface area contributed by atoms with Crippen molar-refractivity contribution in [2.24, 2.45) is 23.7 Å². The first-order chi connectivity index (χ1) is 16.3. The van der Waals surface area contributed by atoms with Crippen LogP contribution in [-0.4, -0.2) is 16.9 Å². The van der Waals surface area contributed by atoms with Crippen molar-refractivity contribution < 1.29 is 19.4 Å². The molecule has 35 heavy (non-hydrogen) atoms. The number of carbonyl (C=O) groups is 2. The monoisotopic (exact) mass is 480 g/mol. The highest BCUT2D eigenvalue weighted by Gasteiger charge is 2.22. The summed E-state index contributed by atoms with van der Waals surface area (Å²) in [6.45, 7) is 18.4. The van der Waals surface area contributed by atoms with Crippen molar-refractivity contribution >= 4 is 11.8 Å². The Kier molecular flexibility index (Phi) is 10.1. The molecular weight excluding hydrogens is 436 g/mol. The molecule has 0 spiro atoms. The van der Waals surface area contributed by atoms with Gasteiger partial charge in [-0.1, -0.05) is 55.4 Å². The van der Waals surface area contributed by atoms with Crippen molar-refractivity contribution in [3.8, 4) is 11.5 Å². The summed E-state index contributed by atoms with van der Waals surface area (Å²) in [5.41, 5.74) is 4.44. The summed E-state index contributed by atoms with van der Waals surface area (Å²) in [4.78, 5) is 25.8. The van der Waals surface area contributed by atoms with E-state index in [0.29, 0.717) is 66.2 Å². The topological polar surface area (TPSA) is 63.6 Å². The number of ether oxygens (including phenoxy) is 1. The molecule has 2 aromatic rings. The van der Waals surface area contributed by atoms with Crippen molar-refractivity contribution in [3.05, 3.63) is 57.6 Å². The number of esters is 1. The number of benzene rings is 2. The minimum absolute atomic E-state index is 0.00748. The summed E-state index contributed by atoms with van der Waals surface area (Å²) in [7, 11) is 0. The average Bonchev–Trinajstić information content (AvgIpc) is 2.71. The third-order valence-electron chi connectivity index (χ3n) is 5.86. The first kappa shape index (κ1) is 28.6. The van der Waals surface area contributed by atoms with Gasteiger partial charge in [-0.25, -0.2) is 4.79 Å². The average molecular weight is 481 g/mol. The molecule has 0 saturated heterocycles. The summed E-state index contributed by atoms with van der Waals surface area (Å²) in [6, 6.07) is 7.30. The second-order valence-electron chi connectivity index (χ2n) is 11.6. The highest BCUT2D eigenvalue weighted by molar-refractivity contribution is 5.95. The largest absolute Gasteiger partial charge is 0.507 e. The van der Waals surface area contributed by atoms with Crippen LogP contribution < -0.4 is 4.74 Å². The molecule has 0 aliphatic heterocycles. The maximum atomic E-state index is 13.5. The van der Waals surface area contributed by atoms with Crippen molar-refractivity contribution in [1.82, 2.24) is 0 Å². The molecule has 0 bridgehead atoms. The lowest BCUT2D eigenvalue weighted by Gasteiger charge is -2.20. The van der Waals surface area contributed by atoms with Gasteiger partial charge in [0.2, 0.25) is 0 Å². The Bertz CT molecular complexity index is 982. The van der Waals surface area contributed by atoms with Crippen LogP contribution in [0, 0.1) is 23.7 Å². The van der Waals surface area contributed by atoms with E-state index < -0.39 is 5.97 Å². The quantitative estimate of drug-likeness (QED) is 0.204. The highest BCUT2D eigenvalue weighted by Crippen LogP contribution is 2.33. The molecule has 0 fully saturated rings. The van der Waals surface area contributed by atoms with Gasteiger partial charge in [-0.2, -0.15) is 0 Å². The Morgan fingerprint density at radius 2 is 1.00 bits per heavy atom. The zero-order valence-electron chi connectivity index (χ0n) is 23.1. The second kappa shape index (κ2) is 12.4.